The fourth-order valence-corrected chi connectivity index (χ4v) is 2.80. The van der Waals surface area contributed by atoms with Crippen LogP contribution in [0.4, 0.5) is 10.1 Å². The average Bonchev–Trinajstić information content (AvgIpc) is 2.62. The molecule has 1 aliphatic rings. The molecule has 2 aromatic rings. The van der Waals surface area contributed by atoms with E-state index in [0.29, 0.717) is 37.6 Å². The maximum atomic E-state index is 13.8. The minimum absolute atomic E-state index is 0.0563. The molecule has 1 saturated heterocycles. The Morgan fingerprint density at radius 3 is 2.60 bits per heavy atom. The summed E-state index contributed by atoms with van der Waals surface area (Å²) in [5.41, 5.74) is 0.226. The Bertz CT molecular complexity index is 813. The van der Waals surface area contributed by atoms with Gasteiger partial charge in [0.25, 0.3) is 5.91 Å². The second kappa shape index (κ2) is 7.38. The van der Waals surface area contributed by atoms with Crippen molar-refractivity contribution in [3.05, 3.63) is 58.4 Å². The molecule has 0 N–H and O–H groups in total. The van der Waals surface area contributed by atoms with Crippen molar-refractivity contribution in [1.29, 1.82) is 0 Å². The van der Waals surface area contributed by atoms with Crippen LogP contribution in [0, 0.1) is 12.7 Å². The molecule has 1 aliphatic heterocycles. The number of hydrogen-bond acceptors (Lipinski definition) is 5. The van der Waals surface area contributed by atoms with Crippen molar-refractivity contribution < 1.29 is 18.3 Å². The molecule has 25 heavy (non-hydrogen) atoms. The number of carbonyl (C=O) groups is 1. The predicted octanol–water partition coefficient (Wildman–Crippen LogP) is 1.81. The lowest BCUT2D eigenvalue weighted by molar-refractivity contribution is -0.133. The Morgan fingerprint density at radius 1 is 1.20 bits per heavy atom. The molecule has 3 rings (SSSR count). The summed E-state index contributed by atoms with van der Waals surface area (Å²) in [6.07, 6.45) is 1.29. The summed E-state index contributed by atoms with van der Waals surface area (Å²) in [6.45, 7) is 3.40. The number of amides is 1. The zero-order chi connectivity index (χ0) is 17.8. The maximum Gasteiger partial charge on any atom is 0.260 e. The highest BCUT2D eigenvalue weighted by Gasteiger charge is 2.23. The van der Waals surface area contributed by atoms with Crippen LogP contribution in [0.25, 0.3) is 0 Å². The van der Waals surface area contributed by atoms with Crippen LogP contribution < -0.4 is 15.1 Å². The molecular formula is C18H19FN2O4. The summed E-state index contributed by atoms with van der Waals surface area (Å²) in [6, 6.07) is 7.84. The Hall–Kier alpha value is -2.83. The zero-order valence-corrected chi connectivity index (χ0v) is 13.9. The van der Waals surface area contributed by atoms with Crippen LogP contribution in [0.15, 0.2) is 45.8 Å². The number of para-hydroxylation sites is 1. The first-order valence-corrected chi connectivity index (χ1v) is 8.04. The van der Waals surface area contributed by atoms with Crippen molar-refractivity contribution in [3.8, 4) is 5.75 Å². The third-order valence-electron chi connectivity index (χ3n) is 4.17. The number of hydrogen-bond donors (Lipinski definition) is 0. The van der Waals surface area contributed by atoms with Gasteiger partial charge in [0.1, 0.15) is 11.6 Å². The van der Waals surface area contributed by atoms with Gasteiger partial charge >= 0.3 is 0 Å². The molecule has 7 heteroatoms. The number of benzene rings is 1. The number of aryl methyl sites for hydroxylation is 1. The number of piperazine rings is 1. The normalized spacial score (nSPS) is 14.5. The summed E-state index contributed by atoms with van der Waals surface area (Å²) < 4.78 is 24.3. The molecule has 0 saturated carbocycles. The van der Waals surface area contributed by atoms with Crippen LogP contribution in [-0.4, -0.2) is 43.6 Å². The van der Waals surface area contributed by atoms with Gasteiger partial charge in [0.15, 0.2) is 6.61 Å². The number of halogens is 1. The molecule has 1 aromatic heterocycles. The van der Waals surface area contributed by atoms with Gasteiger partial charge in [-0.15, -0.1) is 0 Å². The largest absolute Gasteiger partial charge is 0.476 e. The zero-order valence-electron chi connectivity index (χ0n) is 13.9. The second-order valence-corrected chi connectivity index (χ2v) is 5.78. The highest BCUT2D eigenvalue weighted by molar-refractivity contribution is 5.78. The topological polar surface area (TPSA) is 63.0 Å². The molecule has 0 unspecified atom stereocenters. The number of rotatable bonds is 4. The van der Waals surface area contributed by atoms with E-state index in [-0.39, 0.29) is 29.5 Å². The second-order valence-electron chi connectivity index (χ2n) is 5.78. The van der Waals surface area contributed by atoms with E-state index in [2.05, 4.69) is 0 Å². The van der Waals surface area contributed by atoms with Gasteiger partial charge in [-0.3, -0.25) is 9.59 Å². The predicted molar refractivity (Wildman–Crippen MR) is 90.4 cm³/mol. The number of anilines is 1. The summed E-state index contributed by atoms with van der Waals surface area (Å²) in [4.78, 5) is 27.6. The first kappa shape index (κ1) is 17.0. The maximum absolute atomic E-state index is 13.8. The van der Waals surface area contributed by atoms with Crippen LogP contribution in [0.1, 0.15) is 5.76 Å². The van der Waals surface area contributed by atoms with Crippen LogP contribution in [-0.2, 0) is 4.79 Å². The SMILES string of the molecule is Cc1occc(=O)c1OCC(=O)N1CCN(c2ccccc2F)CC1. The lowest BCUT2D eigenvalue weighted by atomic mass is 10.2. The van der Waals surface area contributed by atoms with E-state index >= 15 is 0 Å². The van der Waals surface area contributed by atoms with Crippen LogP contribution in [0.2, 0.25) is 0 Å². The van der Waals surface area contributed by atoms with Crippen LogP contribution >= 0.6 is 0 Å². The monoisotopic (exact) mass is 346 g/mol. The van der Waals surface area contributed by atoms with E-state index in [1.54, 1.807) is 30.0 Å². The van der Waals surface area contributed by atoms with E-state index < -0.39 is 0 Å². The molecule has 0 atom stereocenters. The third-order valence-corrected chi connectivity index (χ3v) is 4.17. The molecule has 0 spiro atoms. The lowest BCUT2D eigenvalue weighted by Crippen LogP contribution is -2.50. The van der Waals surface area contributed by atoms with Gasteiger partial charge < -0.3 is 19.0 Å². The minimum atomic E-state index is -0.319. The Kier molecular flexibility index (Phi) is 5.02. The average molecular weight is 346 g/mol. The van der Waals surface area contributed by atoms with E-state index in [1.165, 1.54) is 18.4 Å². The van der Waals surface area contributed by atoms with Gasteiger partial charge in [0.05, 0.1) is 12.0 Å². The quantitative estimate of drug-likeness (QED) is 0.845. The fourth-order valence-electron chi connectivity index (χ4n) is 2.80. The van der Waals surface area contributed by atoms with Crippen molar-refractivity contribution in [1.82, 2.24) is 4.90 Å². The molecule has 0 bridgehead atoms. The van der Waals surface area contributed by atoms with E-state index in [9.17, 15) is 14.0 Å². The highest BCUT2D eigenvalue weighted by Crippen LogP contribution is 2.20. The van der Waals surface area contributed by atoms with Gasteiger partial charge in [-0.05, 0) is 19.1 Å². The minimum Gasteiger partial charge on any atom is -0.476 e. The Labute approximate surface area is 144 Å². The number of nitrogens with zero attached hydrogens (tertiary/aromatic N) is 2. The fraction of sp³-hybridized carbons (Fsp3) is 0.333. The molecule has 6 nitrogen and oxygen atoms in total. The molecule has 1 aromatic carbocycles. The Balaban J connectivity index is 1.55. The van der Waals surface area contributed by atoms with Gasteiger partial charge in [0, 0.05) is 32.2 Å². The summed E-state index contributed by atoms with van der Waals surface area (Å²) in [7, 11) is 0. The van der Waals surface area contributed by atoms with Gasteiger partial charge in [-0.25, -0.2) is 4.39 Å². The van der Waals surface area contributed by atoms with E-state index in [1.807, 2.05) is 4.90 Å². The molecule has 1 amide bonds. The van der Waals surface area contributed by atoms with Crippen molar-refractivity contribution in [3.63, 3.8) is 0 Å². The Morgan fingerprint density at radius 2 is 1.92 bits per heavy atom. The third kappa shape index (κ3) is 3.81. The molecule has 1 fully saturated rings. The van der Waals surface area contributed by atoms with Gasteiger partial charge in [-0.1, -0.05) is 12.1 Å². The first-order valence-electron chi connectivity index (χ1n) is 8.04. The highest BCUT2D eigenvalue weighted by atomic mass is 19.1. The molecule has 0 aliphatic carbocycles. The summed E-state index contributed by atoms with van der Waals surface area (Å²) in [5.74, 6) is -0.0850. The van der Waals surface area contributed by atoms with Crippen LogP contribution in [0.3, 0.4) is 0 Å². The summed E-state index contributed by atoms with van der Waals surface area (Å²) in [5, 5.41) is 0. The molecular weight excluding hydrogens is 327 g/mol. The van der Waals surface area contributed by atoms with E-state index in [0.717, 1.165) is 0 Å². The van der Waals surface area contributed by atoms with E-state index in [4.69, 9.17) is 9.15 Å². The van der Waals surface area contributed by atoms with Crippen LogP contribution in [0.5, 0.6) is 5.75 Å². The summed E-state index contributed by atoms with van der Waals surface area (Å²) >= 11 is 0. The number of ether oxygens (including phenoxy) is 1. The smallest absolute Gasteiger partial charge is 0.260 e. The standard InChI is InChI=1S/C18H19FN2O4/c1-13-18(16(22)6-11-24-13)25-12-17(23)21-9-7-20(8-10-21)15-5-3-2-4-14(15)19/h2-6,11H,7-10,12H2,1H3. The molecule has 132 valence electrons. The van der Waals surface area contributed by atoms with Crippen molar-refractivity contribution >= 4 is 11.6 Å². The van der Waals surface area contributed by atoms with Crippen molar-refractivity contribution in [2.75, 3.05) is 37.7 Å². The lowest BCUT2D eigenvalue weighted by Gasteiger charge is -2.36. The molecule has 2 heterocycles. The van der Waals surface area contributed by atoms with Crippen molar-refractivity contribution in [2.45, 2.75) is 6.92 Å². The van der Waals surface area contributed by atoms with Crippen molar-refractivity contribution in [2.24, 2.45) is 0 Å². The first-order chi connectivity index (χ1) is 12.1. The van der Waals surface area contributed by atoms with Gasteiger partial charge in [-0.2, -0.15) is 0 Å². The van der Waals surface area contributed by atoms with Gasteiger partial charge in [0.2, 0.25) is 11.2 Å². The number of carbonyl (C=O) groups excluding carboxylic acids is 1. The molecule has 0 radical (unpaired) electrons.